The molecule has 0 radical (unpaired) electrons. The molecule has 2 unspecified atom stereocenters. The molecular weight excluding hydrogens is 224 g/mol. The zero-order valence-electron chi connectivity index (χ0n) is 11.6. The van der Waals surface area contributed by atoms with Gasteiger partial charge in [-0.1, -0.05) is 37.3 Å². The number of carbonyl (C=O) groups excluding carboxylic acids is 1. The molecule has 2 atom stereocenters. The molecular formula is C15H24N2O. The quantitative estimate of drug-likeness (QED) is 0.776. The molecule has 0 aliphatic rings. The maximum Gasteiger partial charge on any atom is 0.236 e. The van der Waals surface area contributed by atoms with Crippen molar-refractivity contribution in [3.05, 3.63) is 35.9 Å². The molecule has 100 valence electrons. The van der Waals surface area contributed by atoms with Gasteiger partial charge in [0.15, 0.2) is 0 Å². The summed E-state index contributed by atoms with van der Waals surface area (Å²) in [6, 6.07) is 10.6. The Balaban J connectivity index is 2.49. The molecule has 0 heterocycles. The molecule has 1 amide bonds. The predicted octanol–water partition coefficient (Wildman–Crippen LogP) is 2.12. The number of likely N-dealkylation sites (N-methyl/N-ethyl adjacent to an activating group) is 1. The van der Waals surface area contributed by atoms with Crippen molar-refractivity contribution in [3.63, 3.8) is 0 Å². The second-order valence-electron chi connectivity index (χ2n) is 4.58. The first-order valence-corrected chi connectivity index (χ1v) is 6.75. The van der Waals surface area contributed by atoms with Gasteiger partial charge in [0.05, 0.1) is 6.04 Å². The Morgan fingerprint density at radius 1 is 1.22 bits per heavy atom. The van der Waals surface area contributed by atoms with Crippen LogP contribution in [0.4, 0.5) is 0 Å². The highest BCUT2D eigenvalue weighted by Gasteiger charge is 2.16. The van der Waals surface area contributed by atoms with Gasteiger partial charge in [0, 0.05) is 12.6 Å². The summed E-state index contributed by atoms with van der Waals surface area (Å²) in [5.74, 6) is 0.0732. The Labute approximate surface area is 110 Å². The minimum Gasteiger partial charge on any atom is -0.355 e. The summed E-state index contributed by atoms with van der Waals surface area (Å²) < 4.78 is 0. The van der Waals surface area contributed by atoms with Gasteiger partial charge in [-0.3, -0.25) is 4.79 Å². The maximum absolute atomic E-state index is 11.7. The fourth-order valence-electron chi connectivity index (χ4n) is 1.98. The lowest BCUT2D eigenvalue weighted by Gasteiger charge is -2.21. The first-order chi connectivity index (χ1) is 8.67. The molecule has 2 N–H and O–H groups in total. The maximum atomic E-state index is 11.7. The molecule has 0 saturated carbocycles. The van der Waals surface area contributed by atoms with E-state index in [2.05, 4.69) is 41.8 Å². The van der Waals surface area contributed by atoms with Gasteiger partial charge in [-0.2, -0.15) is 0 Å². The van der Waals surface area contributed by atoms with Gasteiger partial charge in [-0.25, -0.2) is 0 Å². The lowest BCUT2D eigenvalue weighted by Crippen LogP contribution is -2.47. The van der Waals surface area contributed by atoms with E-state index in [1.807, 2.05) is 19.9 Å². The van der Waals surface area contributed by atoms with Crippen LogP contribution in [0.2, 0.25) is 0 Å². The summed E-state index contributed by atoms with van der Waals surface area (Å²) in [5.41, 5.74) is 1.31. The minimum atomic E-state index is -0.140. The molecule has 3 nitrogen and oxygen atoms in total. The number of rotatable bonds is 7. The van der Waals surface area contributed by atoms with E-state index in [9.17, 15) is 4.79 Å². The first-order valence-electron chi connectivity index (χ1n) is 6.75. The summed E-state index contributed by atoms with van der Waals surface area (Å²) in [5, 5.41) is 6.22. The van der Waals surface area contributed by atoms with Crippen LogP contribution in [0.3, 0.4) is 0 Å². The Morgan fingerprint density at radius 2 is 1.89 bits per heavy atom. The zero-order valence-corrected chi connectivity index (χ0v) is 11.6. The van der Waals surface area contributed by atoms with Crippen LogP contribution in [0.5, 0.6) is 0 Å². The van der Waals surface area contributed by atoms with Gasteiger partial charge in [0.2, 0.25) is 5.91 Å². The summed E-state index contributed by atoms with van der Waals surface area (Å²) in [6.07, 6.45) is 1.97. The van der Waals surface area contributed by atoms with Gasteiger partial charge in [-0.05, 0) is 32.3 Å². The van der Waals surface area contributed by atoms with Crippen molar-refractivity contribution in [2.45, 2.75) is 45.7 Å². The molecule has 0 spiro atoms. The van der Waals surface area contributed by atoms with Crippen molar-refractivity contribution < 1.29 is 4.79 Å². The number of hydrogen-bond acceptors (Lipinski definition) is 2. The molecule has 0 aliphatic carbocycles. The average molecular weight is 248 g/mol. The van der Waals surface area contributed by atoms with Crippen LogP contribution in [0.25, 0.3) is 0 Å². The Morgan fingerprint density at radius 3 is 2.44 bits per heavy atom. The van der Waals surface area contributed by atoms with Gasteiger partial charge in [0.25, 0.3) is 0 Å². The van der Waals surface area contributed by atoms with Crippen molar-refractivity contribution >= 4 is 5.91 Å². The standard InChI is InChI=1S/C15H24N2O/c1-4-14(11-13-9-7-6-8-10-13)17-12(3)15(18)16-5-2/h6-10,12,14,17H,4-5,11H2,1-3H3,(H,16,18). The van der Waals surface area contributed by atoms with E-state index in [-0.39, 0.29) is 11.9 Å². The van der Waals surface area contributed by atoms with Crippen LogP contribution in [-0.4, -0.2) is 24.5 Å². The third kappa shape index (κ3) is 4.88. The van der Waals surface area contributed by atoms with E-state index in [4.69, 9.17) is 0 Å². The van der Waals surface area contributed by atoms with Gasteiger partial charge in [0.1, 0.15) is 0 Å². The smallest absolute Gasteiger partial charge is 0.236 e. The number of benzene rings is 1. The number of amides is 1. The van der Waals surface area contributed by atoms with E-state index in [0.29, 0.717) is 12.6 Å². The van der Waals surface area contributed by atoms with Crippen LogP contribution < -0.4 is 10.6 Å². The molecule has 18 heavy (non-hydrogen) atoms. The summed E-state index contributed by atoms with van der Waals surface area (Å²) in [7, 11) is 0. The van der Waals surface area contributed by atoms with Crippen molar-refractivity contribution in [1.29, 1.82) is 0 Å². The first kappa shape index (κ1) is 14.7. The minimum absolute atomic E-state index is 0.0732. The molecule has 1 aromatic carbocycles. The van der Waals surface area contributed by atoms with Gasteiger partial charge >= 0.3 is 0 Å². The van der Waals surface area contributed by atoms with E-state index in [1.54, 1.807) is 0 Å². The Bertz CT molecular complexity index is 351. The van der Waals surface area contributed by atoms with Crippen LogP contribution in [-0.2, 0) is 11.2 Å². The molecule has 0 fully saturated rings. The number of carbonyl (C=O) groups is 1. The van der Waals surface area contributed by atoms with Crippen LogP contribution >= 0.6 is 0 Å². The van der Waals surface area contributed by atoms with E-state index in [1.165, 1.54) is 5.56 Å². The van der Waals surface area contributed by atoms with Crippen LogP contribution in [0, 0.1) is 0 Å². The fourth-order valence-corrected chi connectivity index (χ4v) is 1.98. The van der Waals surface area contributed by atoms with E-state index in [0.717, 1.165) is 12.8 Å². The van der Waals surface area contributed by atoms with Crippen LogP contribution in [0.15, 0.2) is 30.3 Å². The highest BCUT2D eigenvalue weighted by atomic mass is 16.2. The Hall–Kier alpha value is -1.35. The van der Waals surface area contributed by atoms with Crippen molar-refractivity contribution in [2.75, 3.05) is 6.54 Å². The van der Waals surface area contributed by atoms with Crippen molar-refractivity contribution in [1.82, 2.24) is 10.6 Å². The lowest BCUT2D eigenvalue weighted by molar-refractivity contribution is -0.122. The molecule has 0 bridgehead atoms. The third-order valence-electron chi connectivity index (χ3n) is 3.05. The van der Waals surface area contributed by atoms with Crippen molar-refractivity contribution in [3.8, 4) is 0 Å². The lowest BCUT2D eigenvalue weighted by atomic mass is 10.0. The molecule has 0 aromatic heterocycles. The number of nitrogens with one attached hydrogen (secondary N) is 2. The molecule has 0 saturated heterocycles. The molecule has 1 aromatic rings. The average Bonchev–Trinajstić information content (AvgIpc) is 2.39. The van der Waals surface area contributed by atoms with Crippen LogP contribution in [0.1, 0.15) is 32.8 Å². The van der Waals surface area contributed by atoms with Crippen molar-refractivity contribution in [2.24, 2.45) is 0 Å². The Kier molecular flexibility index (Phi) is 6.44. The largest absolute Gasteiger partial charge is 0.355 e. The van der Waals surface area contributed by atoms with E-state index < -0.39 is 0 Å². The fraction of sp³-hybridized carbons (Fsp3) is 0.533. The van der Waals surface area contributed by atoms with E-state index >= 15 is 0 Å². The highest BCUT2D eigenvalue weighted by Crippen LogP contribution is 2.06. The summed E-state index contributed by atoms with van der Waals surface area (Å²) >= 11 is 0. The SMILES string of the molecule is CCNC(=O)C(C)NC(CC)Cc1ccccc1. The molecule has 0 aliphatic heterocycles. The molecule has 3 heteroatoms. The third-order valence-corrected chi connectivity index (χ3v) is 3.05. The summed E-state index contributed by atoms with van der Waals surface area (Å²) in [6.45, 7) is 6.68. The molecule has 1 rings (SSSR count). The van der Waals surface area contributed by atoms with Gasteiger partial charge in [-0.15, -0.1) is 0 Å². The normalized spacial score (nSPS) is 13.9. The predicted molar refractivity (Wildman–Crippen MR) is 75.5 cm³/mol. The number of hydrogen-bond donors (Lipinski definition) is 2. The zero-order chi connectivity index (χ0) is 13.4. The monoisotopic (exact) mass is 248 g/mol. The van der Waals surface area contributed by atoms with Gasteiger partial charge < -0.3 is 10.6 Å². The topological polar surface area (TPSA) is 41.1 Å². The summed E-state index contributed by atoms with van der Waals surface area (Å²) in [4.78, 5) is 11.7. The highest BCUT2D eigenvalue weighted by molar-refractivity contribution is 5.81. The second kappa shape index (κ2) is 7.88. The second-order valence-corrected chi connectivity index (χ2v) is 4.58.